The van der Waals surface area contributed by atoms with E-state index >= 15 is 0 Å². The van der Waals surface area contributed by atoms with Crippen molar-refractivity contribution in [2.24, 2.45) is 5.73 Å². The number of aliphatic hydroxyl groups excluding tert-OH is 2. The molecule has 0 saturated carbocycles. The highest BCUT2D eigenvalue weighted by molar-refractivity contribution is 7.12. The topological polar surface area (TPSA) is 114 Å². The van der Waals surface area contributed by atoms with Crippen molar-refractivity contribution in [2.45, 2.75) is 50.2 Å². The van der Waals surface area contributed by atoms with E-state index in [1.54, 1.807) is 12.4 Å². The fourth-order valence-corrected chi connectivity index (χ4v) is 5.59. The summed E-state index contributed by atoms with van der Waals surface area (Å²) in [6.45, 7) is 3.05. The Bertz CT molecular complexity index is 1050. The van der Waals surface area contributed by atoms with Crippen LogP contribution in [0.1, 0.15) is 46.8 Å². The summed E-state index contributed by atoms with van der Waals surface area (Å²) in [6.07, 6.45) is -0.192. The van der Waals surface area contributed by atoms with E-state index in [0.29, 0.717) is 47.7 Å². The minimum atomic E-state index is -4.47. The van der Waals surface area contributed by atoms with Gasteiger partial charge in [-0.3, -0.25) is 9.69 Å². The SMILES string of the molecule is C[C@H]1C[C@@]2(CCN1Cc1cnn(C=C(O)C(N)=O)c1)OC[C@@H](O)c1cc(C(F)(F)F)sc12. The molecule has 2 aromatic heterocycles. The van der Waals surface area contributed by atoms with E-state index in [4.69, 9.17) is 10.5 Å². The second kappa shape index (κ2) is 8.18. The summed E-state index contributed by atoms with van der Waals surface area (Å²) in [4.78, 5) is 12.9. The Morgan fingerprint density at radius 3 is 2.91 bits per heavy atom. The number of halogens is 3. The van der Waals surface area contributed by atoms with Crippen LogP contribution in [0, 0.1) is 0 Å². The molecule has 2 aromatic rings. The number of alkyl halides is 3. The number of ether oxygens (including phenoxy) is 1. The molecular formula is C20H23F3N4O4S. The van der Waals surface area contributed by atoms with Crippen LogP contribution in [0.5, 0.6) is 0 Å². The average Bonchev–Trinajstić information content (AvgIpc) is 3.35. The van der Waals surface area contributed by atoms with Crippen LogP contribution >= 0.6 is 11.3 Å². The summed E-state index contributed by atoms with van der Waals surface area (Å²) in [6, 6.07) is 1.04. The van der Waals surface area contributed by atoms with Crippen molar-refractivity contribution in [2.75, 3.05) is 13.2 Å². The van der Waals surface area contributed by atoms with Gasteiger partial charge >= 0.3 is 6.18 Å². The fourth-order valence-electron chi connectivity index (χ4n) is 4.32. The van der Waals surface area contributed by atoms with Gasteiger partial charge in [0.15, 0.2) is 5.76 Å². The molecule has 1 saturated heterocycles. The first-order valence-corrected chi connectivity index (χ1v) is 10.8. The van der Waals surface area contributed by atoms with E-state index in [9.17, 15) is 28.2 Å². The highest BCUT2D eigenvalue weighted by atomic mass is 32.1. The third kappa shape index (κ3) is 4.27. The van der Waals surface area contributed by atoms with Crippen LogP contribution in [-0.4, -0.2) is 50.0 Å². The van der Waals surface area contributed by atoms with E-state index in [1.807, 2.05) is 6.92 Å². The number of amides is 1. The van der Waals surface area contributed by atoms with Crippen LogP contribution in [-0.2, 0) is 27.9 Å². The van der Waals surface area contributed by atoms with Gasteiger partial charge in [-0.05, 0) is 25.8 Å². The van der Waals surface area contributed by atoms with E-state index in [-0.39, 0.29) is 12.6 Å². The van der Waals surface area contributed by atoms with E-state index in [2.05, 4.69) is 10.00 Å². The van der Waals surface area contributed by atoms with Crippen molar-refractivity contribution < 1.29 is 32.9 Å². The molecule has 32 heavy (non-hydrogen) atoms. The Labute approximate surface area is 185 Å². The third-order valence-corrected chi connectivity index (χ3v) is 7.31. The van der Waals surface area contributed by atoms with E-state index in [0.717, 1.165) is 17.8 Å². The number of nitrogens with zero attached hydrogens (tertiary/aromatic N) is 3. The highest BCUT2D eigenvalue weighted by Gasteiger charge is 2.48. The maximum Gasteiger partial charge on any atom is 0.425 e. The number of nitrogens with two attached hydrogens (primary N) is 1. The molecule has 8 nitrogen and oxygen atoms in total. The van der Waals surface area contributed by atoms with Crippen LogP contribution in [0.3, 0.4) is 0 Å². The first-order chi connectivity index (χ1) is 15.0. The molecule has 12 heteroatoms. The van der Waals surface area contributed by atoms with Gasteiger partial charge in [-0.25, -0.2) is 4.68 Å². The summed E-state index contributed by atoms with van der Waals surface area (Å²) < 4.78 is 47.1. The number of hydrogen-bond donors (Lipinski definition) is 3. The molecule has 174 valence electrons. The van der Waals surface area contributed by atoms with Crippen molar-refractivity contribution in [3.8, 4) is 0 Å². The van der Waals surface area contributed by atoms with Crippen LogP contribution in [0.4, 0.5) is 13.2 Å². The summed E-state index contributed by atoms with van der Waals surface area (Å²) in [5.41, 5.74) is 5.30. The maximum absolute atomic E-state index is 13.3. The number of rotatable bonds is 4. The van der Waals surface area contributed by atoms with Gasteiger partial charge in [0.2, 0.25) is 0 Å². The monoisotopic (exact) mass is 472 g/mol. The lowest BCUT2D eigenvalue weighted by molar-refractivity contribution is -0.139. The standard InChI is InChI=1S/C20H23F3N4O4S/c1-11-5-19(17-13(15(29)10-31-19)4-16(32-17)20(21,22)23)2-3-26(11)7-12-6-25-27(8-12)9-14(28)18(24)30/h4,6,8-9,11,15,28-29H,2-3,5,7,10H2,1H3,(H2,24,30)/t11-,15+,19+/m0/s1. The van der Waals surface area contributed by atoms with Crippen molar-refractivity contribution in [1.29, 1.82) is 0 Å². The normalized spacial score (nSPS) is 27.0. The zero-order valence-corrected chi connectivity index (χ0v) is 18.0. The molecule has 3 atom stereocenters. The van der Waals surface area contributed by atoms with Gasteiger partial charge in [0.05, 0.1) is 19.0 Å². The highest BCUT2D eigenvalue weighted by Crippen LogP contribution is 2.51. The Kier molecular flexibility index (Phi) is 5.82. The Morgan fingerprint density at radius 1 is 1.50 bits per heavy atom. The van der Waals surface area contributed by atoms with Gasteiger partial charge in [-0.1, -0.05) is 0 Å². The van der Waals surface area contributed by atoms with Gasteiger partial charge in [0.25, 0.3) is 5.91 Å². The van der Waals surface area contributed by atoms with Crippen molar-refractivity contribution >= 4 is 23.4 Å². The van der Waals surface area contributed by atoms with Gasteiger partial charge in [-0.15, -0.1) is 11.3 Å². The second-order valence-corrected chi connectivity index (χ2v) is 9.25. The Balaban J connectivity index is 1.50. The number of likely N-dealkylation sites (tertiary alicyclic amines) is 1. The number of carbonyl (C=O) groups excluding carboxylic acids is 1. The van der Waals surface area contributed by atoms with Crippen molar-refractivity contribution in [3.05, 3.63) is 45.1 Å². The van der Waals surface area contributed by atoms with Crippen LogP contribution in [0.25, 0.3) is 6.20 Å². The zero-order valence-electron chi connectivity index (χ0n) is 17.2. The summed E-state index contributed by atoms with van der Waals surface area (Å²) >= 11 is 0.660. The van der Waals surface area contributed by atoms with Gasteiger partial charge in [0.1, 0.15) is 16.6 Å². The first-order valence-electron chi connectivity index (χ1n) is 9.99. The number of carbonyl (C=O) groups is 1. The zero-order chi connectivity index (χ0) is 23.3. The van der Waals surface area contributed by atoms with E-state index in [1.165, 1.54) is 4.68 Å². The molecule has 2 aliphatic rings. The number of aromatic nitrogens is 2. The van der Waals surface area contributed by atoms with Gasteiger partial charge < -0.3 is 20.7 Å². The van der Waals surface area contributed by atoms with Gasteiger partial charge in [0, 0.05) is 41.3 Å². The molecule has 4 rings (SSSR count). The number of piperidine rings is 1. The lowest BCUT2D eigenvalue weighted by atomic mass is 9.81. The second-order valence-electron chi connectivity index (χ2n) is 8.19. The number of primary amides is 1. The van der Waals surface area contributed by atoms with E-state index < -0.39 is 34.4 Å². The van der Waals surface area contributed by atoms with Crippen molar-refractivity contribution in [3.63, 3.8) is 0 Å². The van der Waals surface area contributed by atoms with Gasteiger partial charge in [-0.2, -0.15) is 18.3 Å². The average molecular weight is 472 g/mol. The van der Waals surface area contributed by atoms with Crippen LogP contribution in [0.2, 0.25) is 0 Å². The molecule has 0 aromatic carbocycles. The molecule has 0 bridgehead atoms. The smallest absolute Gasteiger partial charge is 0.425 e. The summed E-state index contributed by atoms with van der Waals surface area (Å²) in [5, 5.41) is 23.7. The number of hydrogen-bond acceptors (Lipinski definition) is 7. The fraction of sp³-hybridized carbons (Fsp3) is 0.500. The predicted octanol–water partition coefficient (Wildman–Crippen LogP) is 2.75. The predicted molar refractivity (Wildman–Crippen MR) is 109 cm³/mol. The maximum atomic E-state index is 13.3. The molecule has 0 radical (unpaired) electrons. The summed E-state index contributed by atoms with van der Waals surface area (Å²) in [7, 11) is 0. The molecule has 4 N–H and O–H groups in total. The molecule has 0 unspecified atom stereocenters. The molecule has 4 heterocycles. The lowest BCUT2D eigenvalue weighted by Gasteiger charge is -2.47. The molecule has 1 fully saturated rings. The molecule has 2 aliphatic heterocycles. The summed E-state index contributed by atoms with van der Waals surface area (Å²) in [5.74, 6) is -1.58. The van der Waals surface area contributed by atoms with Crippen LogP contribution < -0.4 is 5.73 Å². The number of aliphatic hydroxyl groups is 2. The minimum absolute atomic E-state index is 0.0128. The molecule has 1 amide bonds. The number of thiophene rings is 1. The Hall–Kier alpha value is -2.41. The first kappa shape index (κ1) is 22.8. The number of fused-ring (bicyclic) bond motifs is 2. The minimum Gasteiger partial charge on any atom is -0.502 e. The lowest BCUT2D eigenvalue weighted by Crippen LogP contribution is -2.50. The largest absolute Gasteiger partial charge is 0.502 e. The molecule has 1 spiro atoms. The molecular weight excluding hydrogens is 449 g/mol. The quantitative estimate of drug-likeness (QED) is 0.466. The van der Waals surface area contributed by atoms with Crippen LogP contribution in [0.15, 0.2) is 24.2 Å². The van der Waals surface area contributed by atoms with Crippen molar-refractivity contribution in [1.82, 2.24) is 14.7 Å². The Morgan fingerprint density at radius 2 is 2.25 bits per heavy atom. The molecule has 0 aliphatic carbocycles. The third-order valence-electron chi connectivity index (χ3n) is 5.93.